The highest BCUT2D eigenvalue weighted by Crippen LogP contribution is 2.22. The van der Waals surface area contributed by atoms with E-state index in [2.05, 4.69) is 4.72 Å². The van der Waals surface area contributed by atoms with Gasteiger partial charge in [0.05, 0.1) is 6.10 Å². The number of ether oxygens (including phenoxy) is 1. The summed E-state index contributed by atoms with van der Waals surface area (Å²) in [6.07, 6.45) is -0.569. The molecule has 23 heavy (non-hydrogen) atoms. The van der Waals surface area contributed by atoms with Crippen molar-refractivity contribution in [3.63, 3.8) is 0 Å². The predicted molar refractivity (Wildman–Crippen MR) is 82.5 cm³/mol. The Kier molecular flexibility index (Phi) is 5.46. The molecule has 0 saturated heterocycles. The minimum Gasteiger partial charge on any atom is -0.375 e. The molecule has 1 unspecified atom stereocenters. The fourth-order valence-corrected chi connectivity index (χ4v) is 3.43. The minimum absolute atomic E-state index is 0.141. The maximum atomic E-state index is 13.6. The van der Waals surface area contributed by atoms with Gasteiger partial charge < -0.3 is 4.74 Å². The summed E-state index contributed by atoms with van der Waals surface area (Å²) in [6.45, 7) is 1.73. The minimum atomic E-state index is -4.33. The molecule has 2 aromatic carbocycles. The monoisotopic (exact) mass is 341 g/mol. The van der Waals surface area contributed by atoms with Crippen molar-refractivity contribution in [1.82, 2.24) is 4.72 Å². The molecule has 124 valence electrons. The van der Waals surface area contributed by atoms with E-state index in [0.29, 0.717) is 0 Å². The predicted octanol–water partition coefficient (Wildman–Crippen LogP) is 2.94. The normalized spacial score (nSPS) is 13.0. The Balaban J connectivity index is 2.23. The van der Waals surface area contributed by atoms with Crippen molar-refractivity contribution in [2.45, 2.75) is 17.9 Å². The molecule has 0 saturated carbocycles. The lowest BCUT2D eigenvalue weighted by molar-refractivity contribution is 0.107. The summed E-state index contributed by atoms with van der Waals surface area (Å²) in [5.41, 5.74) is 1.72. The zero-order valence-corrected chi connectivity index (χ0v) is 13.5. The molecule has 2 rings (SSSR count). The van der Waals surface area contributed by atoms with Gasteiger partial charge in [0.15, 0.2) is 4.90 Å². The largest absolute Gasteiger partial charge is 0.375 e. The van der Waals surface area contributed by atoms with Crippen molar-refractivity contribution in [3.05, 3.63) is 65.2 Å². The van der Waals surface area contributed by atoms with Crippen LogP contribution in [0.5, 0.6) is 0 Å². The fourth-order valence-electron chi connectivity index (χ4n) is 2.27. The van der Waals surface area contributed by atoms with E-state index in [1.807, 2.05) is 25.1 Å². The lowest BCUT2D eigenvalue weighted by atomic mass is 10.0. The van der Waals surface area contributed by atoms with Gasteiger partial charge in [-0.2, -0.15) is 0 Å². The summed E-state index contributed by atoms with van der Waals surface area (Å²) in [6, 6.07) is 10.2. The third-order valence-electron chi connectivity index (χ3n) is 3.47. The second-order valence-corrected chi connectivity index (χ2v) is 6.69. The molecule has 1 N–H and O–H groups in total. The Morgan fingerprint density at radius 1 is 1.09 bits per heavy atom. The number of benzene rings is 2. The zero-order valence-electron chi connectivity index (χ0n) is 12.7. The molecule has 0 aliphatic carbocycles. The summed E-state index contributed by atoms with van der Waals surface area (Å²) < 4.78 is 59.1. The van der Waals surface area contributed by atoms with Gasteiger partial charge in [-0.3, -0.25) is 0 Å². The van der Waals surface area contributed by atoms with E-state index in [0.717, 1.165) is 29.3 Å². The topological polar surface area (TPSA) is 55.4 Å². The lowest BCUT2D eigenvalue weighted by Gasteiger charge is -2.18. The standard InChI is InChI=1S/C16H17F2NO3S/c1-11-6-3-4-7-12(11)15(22-2)10-19-23(20,21)16-13(17)8-5-9-14(16)18/h3-9,15,19H,10H2,1-2H3. The van der Waals surface area contributed by atoms with Crippen molar-refractivity contribution in [2.75, 3.05) is 13.7 Å². The van der Waals surface area contributed by atoms with Gasteiger partial charge in [0.1, 0.15) is 11.6 Å². The highest BCUT2D eigenvalue weighted by molar-refractivity contribution is 7.89. The molecule has 0 radical (unpaired) electrons. The number of rotatable bonds is 6. The molecule has 1 atom stereocenters. The molecule has 0 bridgehead atoms. The highest BCUT2D eigenvalue weighted by Gasteiger charge is 2.25. The number of hydrogen-bond donors (Lipinski definition) is 1. The second kappa shape index (κ2) is 7.16. The van der Waals surface area contributed by atoms with Gasteiger partial charge in [-0.05, 0) is 30.2 Å². The Morgan fingerprint density at radius 2 is 1.70 bits per heavy atom. The molecule has 0 aliphatic rings. The van der Waals surface area contributed by atoms with E-state index < -0.39 is 32.7 Å². The maximum Gasteiger partial charge on any atom is 0.246 e. The zero-order chi connectivity index (χ0) is 17.0. The SMILES string of the molecule is COC(CNS(=O)(=O)c1c(F)cccc1F)c1ccccc1C. The van der Waals surface area contributed by atoms with Crippen LogP contribution in [-0.4, -0.2) is 22.1 Å². The third-order valence-corrected chi connectivity index (χ3v) is 4.94. The third kappa shape index (κ3) is 3.93. The van der Waals surface area contributed by atoms with E-state index in [1.165, 1.54) is 7.11 Å². The average molecular weight is 341 g/mol. The van der Waals surface area contributed by atoms with E-state index in [9.17, 15) is 17.2 Å². The van der Waals surface area contributed by atoms with Gasteiger partial charge in [0.25, 0.3) is 0 Å². The molecule has 0 fully saturated rings. The summed E-state index contributed by atoms with van der Waals surface area (Å²) in [7, 11) is -2.89. The molecule has 2 aromatic rings. The highest BCUT2D eigenvalue weighted by atomic mass is 32.2. The lowest BCUT2D eigenvalue weighted by Crippen LogP contribution is -2.30. The Labute approximate surface area is 134 Å². The molecule has 0 heterocycles. The van der Waals surface area contributed by atoms with Crippen LogP contribution in [0.4, 0.5) is 8.78 Å². The number of sulfonamides is 1. The van der Waals surface area contributed by atoms with Crippen LogP contribution in [0.2, 0.25) is 0 Å². The first-order chi connectivity index (χ1) is 10.9. The van der Waals surface area contributed by atoms with Crippen LogP contribution >= 0.6 is 0 Å². The molecular formula is C16H17F2NO3S. The first-order valence-electron chi connectivity index (χ1n) is 6.89. The van der Waals surface area contributed by atoms with Gasteiger partial charge in [0.2, 0.25) is 10.0 Å². The number of aryl methyl sites for hydroxylation is 1. The first-order valence-corrected chi connectivity index (χ1v) is 8.37. The van der Waals surface area contributed by atoms with Gasteiger partial charge in [-0.25, -0.2) is 21.9 Å². The fraction of sp³-hybridized carbons (Fsp3) is 0.250. The Morgan fingerprint density at radius 3 is 2.26 bits per heavy atom. The van der Waals surface area contributed by atoms with E-state index in [4.69, 9.17) is 4.74 Å². The Bertz CT molecular complexity index is 773. The van der Waals surface area contributed by atoms with Crippen molar-refractivity contribution in [1.29, 1.82) is 0 Å². The number of methoxy groups -OCH3 is 1. The summed E-state index contributed by atoms with van der Waals surface area (Å²) in [5.74, 6) is -2.27. The van der Waals surface area contributed by atoms with E-state index >= 15 is 0 Å². The van der Waals surface area contributed by atoms with Crippen LogP contribution in [0.25, 0.3) is 0 Å². The van der Waals surface area contributed by atoms with Gasteiger partial charge >= 0.3 is 0 Å². The van der Waals surface area contributed by atoms with Crippen LogP contribution in [0.1, 0.15) is 17.2 Å². The van der Waals surface area contributed by atoms with Gasteiger partial charge in [-0.15, -0.1) is 0 Å². The quantitative estimate of drug-likeness (QED) is 0.879. The smallest absolute Gasteiger partial charge is 0.246 e. The molecule has 0 aromatic heterocycles. The van der Waals surface area contributed by atoms with Crippen LogP contribution in [0.15, 0.2) is 47.4 Å². The van der Waals surface area contributed by atoms with Crippen LogP contribution in [-0.2, 0) is 14.8 Å². The van der Waals surface area contributed by atoms with E-state index in [1.54, 1.807) is 6.07 Å². The average Bonchev–Trinajstić information content (AvgIpc) is 2.49. The van der Waals surface area contributed by atoms with Crippen molar-refractivity contribution < 1.29 is 21.9 Å². The molecular weight excluding hydrogens is 324 g/mol. The maximum absolute atomic E-state index is 13.6. The first kappa shape index (κ1) is 17.5. The van der Waals surface area contributed by atoms with Crippen LogP contribution in [0.3, 0.4) is 0 Å². The summed E-state index contributed by atoms with van der Waals surface area (Å²) in [5, 5.41) is 0. The van der Waals surface area contributed by atoms with Crippen molar-refractivity contribution >= 4 is 10.0 Å². The van der Waals surface area contributed by atoms with E-state index in [-0.39, 0.29) is 6.54 Å². The number of nitrogens with one attached hydrogen (secondary N) is 1. The number of hydrogen-bond acceptors (Lipinski definition) is 3. The molecule has 0 aliphatic heterocycles. The molecule has 0 spiro atoms. The summed E-state index contributed by atoms with van der Waals surface area (Å²) >= 11 is 0. The molecule has 4 nitrogen and oxygen atoms in total. The molecule has 0 amide bonds. The van der Waals surface area contributed by atoms with Crippen molar-refractivity contribution in [3.8, 4) is 0 Å². The van der Waals surface area contributed by atoms with Crippen molar-refractivity contribution in [2.24, 2.45) is 0 Å². The van der Waals surface area contributed by atoms with Crippen LogP contribution < -0.4 is 4.72 Å². The molecule has 7 heteroatoms. The van der Waals surface area contributed by atoms with Gasteiger partial charge in [-0.1, -0.05) is 30.3 Å². The van der Waals surface area contributed by atoms with Crippen LogP contribution in [0, 0.1) is 18.6 Å². The van der Waals surface area contributed by atoms with Gasteiger partial charge in [0, 0.05) is 13.7 Å². The second-order valence-electron chi connectivity index (χ2n) is 4.98. The number of halogens is 2. The summed E-state index contributed by atoms with van der Waals surface area (Å²) in [4.78, 5) is -0.986. The Hall–Kier alpha value is -1.83.